The average molecular weight is 258 g/mol. The first kappa shape index (κ1) is 15.4. The van der Waals surface area contributed by atoms with Crippen LogP contribution in [0.3, 0.4) is 0 Å². The molecule has 0 spiro atoms. The predicted octanol–water partition coefficient (Wildman–Crippen LogP) is 0.155. The van der Waals surface area contributed by atoms with Crippen LogP contribution >= 0.6 is 0 Å². The van der Waals surface area contributed by atoms with Crippen LogP contribution in [0.1, 0.15) is 47.5 Å². The molecule has 1 atom stereocenters. The quantitative estimate of drug-likeness (QED) is 0.581. The zero-order valence-electron chi connectivity index (χ0n) is 12.0. The summed E-state index contributed by atoms with van der Waals surface area (Å²) >= 11 is 0. The van der Waals surface area contributed by atoms with Crippen LogP contribution in [0.2, 0.25) is 0 Å². The lowest BCUT2D eigenvalue weighted by Gasteiger charge is -2.49. The summed E-state index contributed by atoms with van der Waals surface area (Å²) in [7, 11) is 0. The number of carbonyl (C=O) groups excluding carboxylic acids is 1. The van der Waals surface area contributed by atoms with Crippen LogP contribution in [0.15, 0.2) is 0 Å². The van der Waals surface area contributed by atoms with Gasteiger partial charge in [0.05, 0.1) is 6.10 Å². The van der Waals surface area contributed by atoms with E-state index in [0.29, 0.717) is 12.8 Å². The molecule has 1 saturated heterocycles. The van der Waals surface area contributed by atoms with Gasteiger partial charge in [-0.25, -0.2) is 0 Å². The fourth-order valence-electron chi connectivity index (χ4n) is 3.09. The van der Waals surface area contributed by atoms with Crippen molar-refractivity contribution in [1.29, 1.82) is 0 Å². The van der Waals surface area contributed by atoms with E-state index in [2.05, 4.69) is 10.6 Å². The summed E-state index contributed by atoms with van der Waals surface area (Å²) in [6.45, 7) is 9.65. The van der Waals surface area contributed by atoms with Crippen molar-refractivity contribution in [3.63, 3.8) is 0 Å². The topological polar surface area (TPSA) is 81.6 Å². The predicted molar refractivity (Wildman–Crippen MR) is 70.2 cm³/mol. The van der Waals surface area contributed by atoms with E-state index < -0.39 is 17.6 Å². The summed E-state index contributed by atoms with van der Waals surface area (Å²) in [5, 5.41) is 25.8. The van der Waals surface area contributed by atoms with Crippen molar-refractivity contribution < 1.29 is 15.0 Å². The molecule has 1 unspecified atom stereocenters. The summed E-state index contributed by atoms with van der Waals surface area (Å²) < 4.78 is 0. The van der Waals surface area contributed by atoms with Crippen molar-refractivity contribution in [1.82, 2.24) is 10.6 Å². The van der Waals surface area contributed by atoms with Crippen LogP contribution in [0.25, 0.3) is 0 Å². The highest BCUT2D eigenvalue weighted by atomic mass is 16.3. The number of rotatable bonds is 3. The van der Waals surface area contributed by atoms with Crippen molar-refractivity contribution in [2.24, 2.45) is 0 Å². The molecule has 5 heteroatoms. The Labute approximate surface area is 109 Å². The van der Waals surface area contributed by atoms with Gasteiger partial charge in [-0.05, 0) is 34.6 Å². The number of nitrogens with one attached hydrogen (secondary N) is 2. The molecule has 5 nitrogen and oxygen atoms in total. The Morgan fingerprint density at radius 2 is 1.72 bits per heavy atom. The Hall–Kier alpha value is -0.650. The highest BCUT2D eigenvalue weighted by molar-refractivity contribution is 5.85. The number of hydrogen-bond acceptors (Lipinski definition) is 4. The van der Waals surface area contributed by atoms with Gasteiger partial charge in [0.2, 0.25) is 0 Å². The standard InChI is InChI=1S/C13H26N2O3/c1-9(16)6-14-10(17)13(18)7-11(2,3)15-12(4,5)8-13/h9,15-16,18H,6-8H2,1-5H3,(H,14,17). The van der Waals surface area contributed by atoms with Crippen LogP contribution in [-0.2, 0) is 4.79 Å². The van der Waals surface area contributed by atoms with Crippen LogP contribution in [0.4, 0.5) is 0 Å². The first-order valence-electron chi connectivity index (χ1n) is 6.44. The van der Waals surface area contributed by atoms with Crippen molar-refractivity contribution in [3.8, 4) is 0 Å². The third-order valence-corrected chi connectivity index (χ3v) is 3.13. The van der Waals surface area contributed by atoms with Crippen molar-refractivity contribution >= 4 is 5.91 Å². The Balaban J connectivity index is 2.80. The highest BCUT2D eigenvalue weighted by Gasteiger charge is 2.50. The molecule has 0 saturated carbocycles. The molecular formula is C13H26N2O3. The van der Waals surface area contributed by atoms with Crippen molar-refractivity contribution in [2.45, 2.75) is 70.2 Å². The summed E-state index contributed by atoms with van der Waals surface area (Å²) in [4.78, 5) is 12.1. The lowest BCUT2D eigenvalue weighted by atomic mass is 9.72. The molecular weight excluding hydrogens is 232 g/mol. The Kier molecular flexibility index (Phi) is 4.10. The van der Waals surface area contributed by atoms with E-state index in [1.54, 1.807) is 6.92 Å². The molecule has 0 aromatic carbocycles. The number of aliphatic hydroxyl groups excluding tert-OH is 1. The van der Waals surface area contributed by atoms with Crippen LogP contribution in [0.5, 0.6) is 0 Å². The molecule has 0 radical (unpaired) electrons. The minimum atomic E-state index is -1.38. The maximum absolute atomic E-state index is 12.1. The first-order chi connectivity index (χ1) is 7.96. The first-order valence-corrected chi connectivity index (χ1v) is 6.44. The van der Waals surface area contributed by atoms with E-state index in [0.717, 1.165) is 0 Å². The summed E-state index contributed by atoms with van der Waals surface area (Å²) in [5.74, 6) is -0.397. The fraction of sp³-hybridized carbons (Fsp3) is 0.923. The Morgan fingerprint density at radius 3 is 2.11 bits per heavy atom. The largest absolute Gasteiger partial charge is 0.392 e. The van der Waals surface area contributed by atoms with Gasteiger partial charge in [0, 0.05) is 30.5 Å². The van der Waals surface area contributed by atoms with Gasteiger partial charge in [-0.2, -0.15) is 0 Å². The van der Waals surface area contributed by atoms with E-state index in [1.807, 2.05) is 27.7 Å². The second-order valence-electron chi connectivity index (χ2n) is 6.84. The van der Waals surface area contributed by atoms with E-state index in [9.17, 15) is 15.0 Å². The second kappa shape index (κ2) is 4.79. The van der Waals surface area contributed by atoms with Gasteiger partial charge in [0.15, 0.2) is 0 Å². The van der Waals surface area contributed by atoms with E-state index in [-0.39, 0.29) is 17.6 Å². The monoisotopic (exact) mass is 258 g/mol. The summed E-state index contributed by atoms with van der Waals surface area (Å²) in [6.07, 6.45) is 0.102. The van der Waals surface area contributed by atoms with Gasteiger partial charge < -0.3 is 20.8 Å². The molecule has 0 bridgehead atoms. The molecule has 18 heavy (non-hydrogen) atoms. The van der Waals surface area contributed by atoms with Crippen LogP contribution in [0, 0.1) is 0 Å². The number of piperidine rings is 1. The smallest absolute Gasteiger partial charge is 0.252 e. The minimum Gasteiger partial charge on any atom is -0.392 e. The number of aliphatic hydroxyl groups is 2. The third-order valence-electron chi connectivity index (χ3n) is 3.13. The SMILES string of the molecule is CC(O)CNC(=O)C1(O)CC(C)(C)NC(C)(C)C1. The lowest BCUT2D eigenvalue weighted by molar-refractivity contribution is -0.150. The van der Waals surface area contributed by atoms with Crippen LogP contribution < -0.4 is 10.6 Å². The number of amides is 1. The van der Waals surface area contributed by atoms with Gasteiger partial charge in [-0.3, -0.25) is 4.79 Å². The fourth-order valence-corrected chi connectivity index (χ4v) is 3.09. The molecule has 1 aliphatic rings. The molecule has 4 N–H and O–H groups in total. The molecule has 1 rings (SSSR count). The molecule has 1 amide bonds. The molecule has 1 fully saturated rings. The normalized spacial score (nSPS) is 26.4. The van der Waals surface area contributed by atoms with E-state index in [4.69, 9.17) is 0 Å². The molecule has 0 aliphatic carbocycles. The average Bonchev–Trinajstić information content (AvgIpc) is 2.07. The van der Waals surface area contributed by atoms with Crippen LogP contribution in [-0.4, -0.2) is 45.4 Å². The van der Waals surface area contributed by atoms with Gasteiger partial charge >= 0.3 is 0 Å². The third kappa shape index (κ3) is 3.93. The zero-order valence-corrected chi connectivity index (χ0v) is 12.0. The lowest BCUT2D eigenvalue weighted by Crippen LogP contribution is -2.67. The Morgan fingerprint density at radius 1 is 1.28 bits per heavy atom. The molecule has 1 heterocycles. The van der Waals surface area contributed by atoms with Gasteiger partial charge in [-0.1, -0.05) is 0 Å². The van der Waals surface area contributed by atoms with E-state index in [1.165, 1.54) is 0 Å². The number of carbonyl (C=O) groups is 1. The van der Waals surface area contributed by atoms with Gasteiger partial charge in [-0.15, -0.1) is 0 Å². The molecule has 0 aromatic rings. The maximum atomic E-state index is 12.1. The minimum absolute atomic E-state index is 0.162. The summed E-state index contributed by atoms with van der Waals surface area (Å²) in [5.41, 5.74) is -2.00. The molecule has 106 valence electrons. The second-order valence-corrected chi connectivity index (χ2v) is 6.84. The maximum Gasteiger partial charge on any atom is 0.252 e. The number of hydrogen-bond donors (Lipinski definition) is 4. The molecule has 1 aliphatic heterocycles. The van der Waals surface area contributed by atoms with E-state index >= 15 is 0 Å². The summed E-state index contributed by atoms with van der Waals surface area (Å²) in [6, 6.07) is 0. The molecule has 0 aromatic heterocycles. The van der Waals surface area contributed by atoms with Gasteiger partial charge in [0.1, 0.15) is 5.60 Å². The van der Waals surface area contributed by atoms with Gasteiger partial charge in [0.25, 0.3) is 5.91 Å². The van der Waals surface area contributed by atoms with Crippen molar-refractivity contribution in [2.75, 3.05) is 6.54 Å². The highest BCUT2D eigenvalue weighted by Crippen LogP contribution is 2.35. The Bertz CT molecular complexity index is 308. The van der Waals surface area contributed by atoms with Crippen molar-refractivity contribution in [3.05, 3.63) is 0 Å². The zero-order chi connectivity index (χ0) is 14.2.